The zero-order valence-electron chi connectivity index (χ0n) is 14.8. The minimum absolute atomic E-state index is 0.109. The Morgan fingerprint density at radius 1 is 1.48 bits per heavy atom. The van der Waals surface area contributed by atoms with Crippen LogP contribution in [0, 0.1) is 21.8 Å². The van der Waals surface area contributed by atoms with E-state index >= 15 is 0 Å². The number of carbonyl (C=O) groups excluding carboxylic acids is 1. The van der Waals surface area contributed by atoms with Crippen molar-refractivity contribution in [2.75, 3.05) is 24.5 Å². The van der Waals surface area contributed by atoms with Crippen molar-refractivity contribution in [1.82, 2.24) is 5.32 Å². The topological polar surface area (TPSA) is 84.7 Å². The van der Waals surface area contributed by atoms with E-state index < -0.39 is 22.4 Å². The predicted octanol–water partition coefficient (Wildman–Crippen LogP) is 3.48. The monoisotopic (exact) mass is 353 g/mol. The Labute approximate surface area is 146 Å². The van der Waals surface area contributed by atoms with Gasteiger partial charge in [0.05, 0.1) is 4.92 Å². The first-order valence-corrected chi connectivity index (χ1v) is 8.31. The van der Waals surface area contributed by atoms with Gasteiger partial charge >= 0.3 is 6.09 Å². The molecule has 1 N–H and O–H groups in total. The SMILES string of the molecule is CC(C)(C)OC(=O)NCC1CCCN(c2cc(F)ccc2[N+](=O)[O-])C1. The molecule has 1 fully saturated rings. The van der Waals surface area contributed by atoms with Gasteiger partial charge in [-0.25, -0.2) is 9.18 Å². The van der Waals surface area contributed by atoms with Crippen LogP contribution in [0.15, 0.2) is 18.2 Å². The van der Waals surface area contributed by atoms with Crippen LogP contribution in [0.5, 0.6) is 0 Å². The number of hydrogen-bond acceptors (Lipinski definition) is 5. The molecule has 1 aliphatic heterocycles. The molecule has 0 aliphatic carbocycles. The molecule has 1 unspecified atom stereocenters. The van der Waals surface area contributed by atoms with E-state index in [2.05, 4.69) is 5.32 Å². The molecule has 138 valence electrons. The number of anilines is 1. The number of carbonyl (C=O) groups is 1. The zero-order chi connectivity index (χ0) is 18.6. The molecule has 7 nitrogen and oxygen atoms in total. The summed E-state index contributed by atoms with van der Waals surface area (Å²) in [4.78, 5) is 24.3. The van der Waals surface area contributed by atoms with E-state index in [9.17, 15) is 19.3 Å². The number of rotatable bonds is 4. The first-order valence-electron chi connectivity index (χ1n) is 8.31. The van der Waals surface area contributed by atoms with Crippen LogP contribution in [-0.2, 0) is 4.74 Å². The summed E-state index contributed by atoms with van der Waals surface area (Å²) in [6, 6.07) is 3.47. The second kappa shape index (κ2) is 7.67. The fraction of sp³-hybridized carbons (Fsp3) is 0.588. The van der Waals surface area contributed by atoms with Crippen molar-refractivity contribution in [3.05, 3.63) is 34.1 Å². The maximum Gasteiger partial charge on any atom is 0.407 e. The Morgan fingerprint density at radius 2 is 2.20 bits per heavy atom. The summed E-state index contributed by atoms with van der Waals surface area (Å²) in [7, 11) is 0. The average Bonchev–Trinajstić information content (AvgIpc) is 2.51. The molecule has 1 aromatic rings. The van der Waals surface area contributed by atoms with Gasteiger partial charge in [-0.05, 0) is 45.6 Å². The highest BCUT2D eigenvalue weighted by molar-refractivity contribution is 5.67. The van der Waals surface area contributed by atoms with Gasteiger partial charge in [0.15, 0.2) is 0 Å². The van der Waals surface area contributed by atoms with Crippen molar-refractivity contribution in [2.45, 2.75) is 39.2 Å². The minimum Gasteiger partial charge on any atom is -0.444 e. The molecule has 25 heavy (non-hydrogen) atoms. The van der Waals surface area contributed by atoms with E-state index in [-0.39, 0.29) is 17.3 Å². The molecule has 1 amide bonds. The van der Waals surface area contributed by atoms with Crippen molar-refractivity contribution in [3.63, 3.8) is 0 Å². The summed E-state index contributed by atoms with van der Waals surface area (Å²) in [6.07, 6.45) is 1.21. The van der Waals surface area contributed by atoms with Gasteiger partial charge in [0, 0.05) is 31.8 Å². The quantitative estimate of drug-likeness (QED) is 0.662. The third kappa shape index (κ3) is 5.58. The summed E-state index contributed by atoms with van der Waals surface area (Å²) < 4.78 is 18.8. The summed E-state index contributed by atoms with van der Waals surface area (Å²) >= 11 is 0. The number of ether oxygens (including phenoxy) is 1. The number of nitrogens with zero attached hydrogens (tertiary/aromatic N) is 2. The maximum atomic E-state index is 13.6. The zero-order valence-corrected chi connectivity index (χ0v) is 14.8. The number of nitrogens with one attached hydrogen (secondary N) is 1. The molecule has 1 saturated heterocycles. The van der Waals surface area contributed by atoms with E-state index in [4.69, 9.17) is 4.74 Å². The Balaban J connectivity index is 2.01. The van der Waals surface area contributed by atoms with E-state index in [1.807, 2.05) is 4.90 Å². The second-order valence-electron chi connectivity index (χ2n) is 7.23. The van der Waals surface area contributed by atoms with Crippen molar-refractivity contribution in [2.24, 2.45) is 5.92 Å². The molecule has 8 heteroatoms. The largest absolute Gasteiger partial charge is 0.444 e. The molecule has 0 saturated carbocycles. The van der Waals surface area contributed by atoms with E-state index in [1.165, 1.54) is 12.1 Å². The summed E-state index contributed by atoms with van der Waals surface area (Å²) in [5, 5.41) is 13.9. The van der Waals surface area contributed by atoms with Crippen LogP contribution < -0.4 is 10.2 Å². The third-order valence-electron chi connectivity index (χ3n) is 3.93. The normalized spacial score (nSPS) is 17.9. The summed E-state index contributed by atoms with van der Waals surface area (Å²) in [5.41, 5.74) is -0.390. The van der Waals surface area contributed by atoms with Crippen molar-refractivity contribution >= 4 is 17.5 Å². The molecule has 0 aromatic heterocycles. The van der Waals surface area contributed by atoms with Crippen LogP contribution in [0.4, 0.5) is 20.6 Å². The molecule has 1 aliphatic rings. The first-order chi connectivity index (χ1) is 11.7. The van der Waals surface area contributed by atoms with Crippen molar-refractivity contribution in [1.29, 1.82) is 0 Å². The molecule has 0 spiro atoms. The van der Waals surface area contributed by atoms with Gasteiger partial charge in [-0.1, -0.05) is 0 Å². The number of benzene rings is 1. The van der Waals surface area contributed by atoms with Crippen LogP contribution in [0.25, 0.3) is 0 Å². The van der Waals surface area contributed by atoms with Crippen LogP contribution in [0.2, 0.25) is 0 Å². The van der Waals surface area contributed by atoms with E-state index in [1.54, 1.807) is 20.8 Å². The number of nitro groups is 1. The van der Waals surface area contributed by atoms with Gasteiger partial charge in [0.1, 0.15) is 17.1 Å². The van der Waals surface area contributed by atoms with E-state index in [0.29, 0.717) is 19.6 Å². The van der Waals surface area contributed by atoms with Crippen LogP contribution in [0.3, 0.4) is 0 Å². The smallest absolute Gasteiger partial charge is 0.407 e. The van der Waals surface area contributed by atoms with Gasteiger partial charge in [0.2, 0.25) is 0 Å². The summed E-state index contributed by atoms with van der Waals surface area (Å²) in [5.74, 6) is -0.390. The fourth-order valence-corrected chi connectivity index (χ4v) is 2.90. The van der Waals surface area contributed by atoms with Gasteiger partial charge in [-0.2, -0.15) is 0 Å². The molecule has 1 atom stereocenters. The molecular weight excluding hydrogens is 329 g/mol. The lowest BCUT2D eigenvalue weighted by Crippen LogP contribution is -2.42. The lowest BCUT2D eigenvalue weighted by atomic mass is 9.97. The predicted molar refractivity (Wildman–Crippen MR) is 92.2 cm³/mol. The molecule has 1 aromatic carbocycles. The Hall–Kier alpha value is -2.38. The number of piperidine rings is 1. The number of alkyl carbamates (subject to hydrolysis) is 1. The Morgan fingerprint density at radius 3 is 2.84 bits per heavy atom. The van der Waals surface area contributed by atoms with E-state index in [0.717, 1.165) is 18.9 Å². The maximum absolute atomic E-state index is 13.6. The van der Waals surface area contributed by atoms with Gasteiger partial charge < -0.3 is 15.0 Å². The van der Waals surface area contributed by atoms with Crippen LogP contribution >= 0.6 is 0 Å². The van der Waals surface area contributed by atoms with Gasteiger partial charge in [-0.15, -0.1) is 0 Å². The third-order valence-corrected chi connectivity index (χ3v) is 3.93. The number of hydrogen-bond donors (Lipinski definition) is 1. The van der Waals surface area contributed by atoms with Crippen molar-refractivity contribution in [3.8, 4) is 0 Å². The summed E-state index contributed by atoms with van der Waals surface area (Å²) in [6.45, 7) is 6.91. The lowest BCUT2D eigenvalue weighted by molar-refractivity contribution is -0.384. The molecule has 1 heterocycles. The molecule has 0 radical (unpaired) electrons. The highest BCUT2D eigenvalue weighted by Crippen LogP contribution is 2.32. The highest BCUT2D eigenvalue weighted by atomic mass is 19.1. The van der Waals surface area contributed by atoms with Gasteiger partial charge in [-0.3, -0.25) is 10.1 Å². The number of halogens is 1. The Kier molecular flexibility index (Phi) is 5.81. The standard InChI is InChI=1S/C17H24FN3O4/c1-17(2,3)25-16(22)19-10-12-5-4-8-20(11-12)15-9-13(18)6-7-14(15)21(23)24/h6-7,9,12H,4-5,8,10-11H2,1-3H3,(H,19,22). The second-order valence-corrected chi connectivity index (χ2v) is 7.23. The number of amides is 1. The molecule has 0 bridgehead atoms. The van der Waals surface area contributed by atoms with Gasteiger partial charge in [0.25, 0.3) is 5.69 Å². The lowest BCUT2D eigenvalue weighted by Gasteiger charge is -2.34. The minimum atomic E-state index is -0.565. The average molecular weight is 353 g/mol. The first kappa shape index (κ1) is 19.0. The molecular formula is C17H24FN3O4. The highest BCUT2D eigenvalue weighted by Gasteiger charge is 2.26. The molecule has 2 rings (SSSR count). The van der Waals surface area contributed by atoms with Crippen LogP contribution in [-0.4, -0.2) is 36.3 Å². The number of nitro benzene ring substituents is 1. The van der Waals surface area contributed by atoms with Crippen molar-refractivity contribution < 1.29 is 18.8 Å². The Bertz CT molecular complexity index is 645. The fourth-order valence-electron chi connectivity index (χ4n) is 2.90. The van der Waals surface area contributed by atoms with Crippen LogP contribution in [0.1, 0.15) is 33.6 Å².